The van der Waals surface area contributed by atoms with Crippen molar-refractivity contribution >= 4 is 11.6 Å². The van der Waals surface area contributed by atoms with Crippen LogP contribution in [0.15, 0.2) is 23.3 Å². The summed E-state index contributed by atoms with van der Waals surface area (Å²) >= 11 is 0. The fourth-order valence-corrected chi connectivity index (χ4v) is 2.63. The zero-order valence-electron chi connectivity index (χ0n) is 11.1. The molecule has 0 amide bonds. The van der Waals surface area contributed by atoms with E-state index in [1.165, 1.54) is 11.0 Å². The van der Waals surface area contributed by atoms with Gasteiger partial charge in [-0.1, -0.05) is 0 Å². The molecule has 0 saturated carbocycles. The van der Waals surface area contributed by atoms with Crippen molar-refractivity contribution in [2.24, 2.45) is 0 Å². The average molecular weight is 287 g/mol. The van der Waals surface area contributed by atoms with Crippen molar-refractivity contribution in [3.8, 4) is 11.7 Å². The van der Waals surface area contributed by atoms with Crippen LogP contribution in [0.4, 0.5) is 5.82 Å². The first-order chi connectivity index (χ1) is 10.2. The van der Waals surface area contributed by atoms with Crippen LogP contribution < -0.4 is 10.5 Å². The topological polar surface area (TPSA) is 104 Å². The second-order valence-electron chi connectivity index (χ2n) is 4.95. The van der Waals surface area contributed by atoms with Crippen LogP contribution in [-0.4, -0.2) is 47.6 Å². The predicted octanol–water partition coefficient (Wildman–Crippen LogP) is -0.0909. The number of rotatable bonds is 2. The second-order valence-corrected chi connectivity index (χ2v) is 4.95. The van der Waals surface area contributed by atoms with Crippen LogP contribution in [0.5, 0.6) is 5.88 Å². The summed E-state index contributed by atoms with van der Waals surface area (Å²) < 4.78 is 2.89. The van der Waals surface area contributed by atoms with Crippen LogP contribution in [0.2, 0.25) is 0 Å². The third-order valence-electron chi connectivity index (χ3n) is 3.59. The maximum atomic E-state index is 11.3. The lowest BCUT2D eigenvalue weighted by molar-refractivity contribution is 0.432. The van der Waals surface area contributed by atoms with Crippen LogP contribution >= 0.6 is 0 Å². The van der Waals surface area contributed by atoms with E-state index in [0.717, 1.165) is 37.8 Å². The molecule has 0 atom stereocenters. The first kappa shape index (κ1) is 11.9. The van der Waals surface area contributed by atoms with Gasteiger partial charge >= 0.3 is 0 Å². The average Bonchev–Trinajstić information content (AvgIpc) is 3.17. The Balaban J connectivity index is 1.94. The number of anilines is 1. The van der Waals surface area contributed by atoms with E-state index in [2.05, 4.69) is 25.1 Å². The lowest BCUT2D eigenvalue weighted by Gasteiger charge is -2.18. The Kier molecular flexibility index (Phi) is 2.46. The van der Waals surface area contributed by atoms with E-state index in [0.29, 0.717) is 11.6 Å². The molecule has 3 aromatic heterocycles. The molecule has 1 fully saturated rings. The molecule has 4 heterocycles. The van der Waals surface area contributed by atoms with E-state index in [-0.39, 0.29) is 5.88 Å². The monoisotopic (exact) mass is 287 g/mol. The third-order valence-corrected chi connectivity index (χ3v) is 3.59. The lowest BCUT2D eigenvalue weighted by atomic mass is 10.4. The number of nitrogens with zero attached hydrogens (tertiary/aromatic N) is 6. The molecule has 9 nitrogen and oxygen atoms in total. The van der Waals surface area contributed by atoms with Gasteiger partial charge in [0.25, 0.3) is 11.3 Å². The summed E-state index contributed by atoms with van der Waals surface area (Å²) in [7, 11) is 0. The summed E-state index contributed by atoms with van der Waals surface area (Å²) in [6.07, 6.45) is 3.68. The number of fused-ring (bicyclic) bond motifs is 1. The van der Waals surface area contributed by atoms with Gasteiger partial charge in [-0.05, 0) is 12.8 Å². The smallest absolute Gasteiger partial charge is 0.268 e. The van der Waals surface area contributed by atoms with Gasteiger partial charge in [-0.25, -0.2) is 4.68 Å². The number of aromatic nitrogens is 6. The summed E-state index contributed by atoms with van der Waals surface area (Å²) in [5.41, 5.74) is -0.390. The van der Waals surface area contributed by atoms with Gasteiger partial charge in [-0.2, -0.15) is 19.6 Å². The number of H-pyrrole nitrogens is 1. The second kappa shape index (κ2) is 4.33. The highest BCUT2D eigenvalue weighted by Crippen LogP contribution is 2.23. The first-order valence-electron chi connectivity index (χ1n) is 6.69. The number of hydrogen-bond donors (Lipinski definition) is 2. The Morgan fingerprint density at radius 2 is 2.05 bits per heavy atom. The number of hydrogen-bond acceptors (Lipinski definition) is 6. The number of nitrogens with one attached hydrogen (secondary N) is 1. The van der Waals surface area contributed by atoms with Crippen LogP contribution in [-0.2, 0) is 0 Å². The highest BCUT2D eigenvalue weighted by atomic mass is 16.3. The Morgan fingerprint density at radius 3 is 2.76 bits per heavy atom. The molecule has 4 rings (SSSR count). The minimum absolute atomic E-state index is 0.191. The van der Waals surface area contributed by atoms with Crippen LogP contribution in [0.25, 0.3) is 11.6 Å². The number of aromatic hydroxyl groups is 1. The maximum Gasteiger partial charge on any atom is 0.268 e. The molecule has 1 saturated heterocycles. The van der Waals surface area contributed by atoms with E-state index in [9.17, 15) is 9.90 Å². The van der Waals surface area contributed by atoms with Crippen molar-refractivity contribution < 1.29 is 5.11 Å². The standard InChI is InChI=1S/C12H13N7O2/c20-9-6-11(21)18(16-9)8-5-10(17-3-1-2-4-17)19-12(15-8)13-7-14-19/h5-7,21H,1-4H2,(H,16,20). The van der Waals surface area contributed by atoms with Crippen LogP contribution in [0.3, 0.4) is 0 Å². The summed E-state index contributed by atoms with van der Waals surface area (Å²) in [6.45, 7) is 1.87. The van der Waals surface area contributed by atoms with Crippen molar-refractivity contribution in [2.45, 2.75) is 12.8 Å². The van der Waals surface area contributed by atoms with Gasteiger partial charge in [-0.15, -0.1) is 0 Å². The van der Waals surface area contributed by atoms with E-state index in [4.69, 9.17) is 0 Å². The minimum Gasteiger partial charge on any atom is -0.493 e. The Morgan fingerprint density at radius 1 is 1.24 bits per heavy atom. The Labute approximate surface area is 118 Å². The molecule has 0 aliphatic carbocycles. The quantitative estimate of drug-likeness (QED) is 0.682. The zero-order valence-corrected chi connectivity index (χ0v) is 11.1. The van der Waals surface area contributed by atoms with Crippen molar-refractivity contribution in [1.82, 2.24) is 29.4 Å². The van der Waals surface area contributed by atoms with Gasteiger partial charge in [0.2, 0.25) is 5.88 Å². The maximum absolute atomic E-state index is 11.3. The third kappa shape index (κ3) is 1.85. The van der Waals surface area contributed by atoms with E-state index < -0.39 is 5.56 Å². The molecule has 0 bridgehead atoms. The molecule has 0 aromatic carbocycles. The molecule has 0 radical (unpaired) electrons. The first-order valence-corrected chi connectivity index (χ1v) is 6.69. The lowest BCUT2D eigenvalue weighted by Crippen LogP contribution is -2.22. The van der Waals surface area contributed by atoms with Gasteiger partial charge in [0.1, 0.15) is 12.1 Å². The molecule has 2 N–H and O–H groups in total. The summed E-state index contributed by atoms with van der Waals surface area (Å²) in [5.74, 6) is 1.48. The largest absolute Gasteiger partial charge is 0.493 e. The Hall–Kier alpha value is -2.84. The summed E-state index contributed by atoms with van der Waals surface area (Å²) in [6, 6.07) is 2.88. The molecule has 9 heteroatoms. The summed E-state index contributed by atoms with van der Waals surface area (Å²) in [5, 5.41) is 16.5. The fourth-order valence-electron chi connectivity index (χ4n) is 2.63. The molecule has 0 unspecified atom stereocenters. The predicted molar refractivity (Wildman–Crippen MR) is 73.8 cm³/mol. The van der Waals surface area contributed by atoms with Crippen LogP contribution in [0.1, 0.15) is 12.8 Å². The van der Waals surface area contributed by atoms with Gasteiger partial charge in [0.15, 0.2) is 5.82 Å². The minimum atomic E-state index is -0.390. The van der Waals surface area contributed by atoms with Gasteiger partial charge < -0.3 is 10.0 Å². The summed E-state index contributed by atoms with van der Waals surface area (Å²) in [4.78, 5) is 21.9. The van der Waals surface area contributed by atoms with Gasteiger partial charge in [0, 0.05) is 19.2 Å². The van der Waals surface area contributed by atoms with Crippen molar-refractivity contribution in [2.75, 3.05) is 18.0 Å². The zero-order chi connectivity index (χ0) is 14.4. The highest BCUT2D eigenvalue weighted by Gasteiger charge is 2.19. The molecule has 21 heavy (non-hydrogen) atoms. The van der Waals surface area contributed by atoms with E-state index in [1.807, 2.05) is 0 Å². The van der Waals surface area contributed by atoms with Gasteiger partial charge in [-0.3, -0.25) is 9.89 Å². The molecule has 0 spiro atoms. The molecule has 1 aliphatic heterocycles. The number of aromatic amines is 1. The van der Waals surface area contributed by atoms with E-state index >= 15 is 0 Å². The van der Waals surface area contributed by atoms with Crippen molar-refractivity contribution in [3.05, 3.63) is 28.8 Å². The normalized spacial score (nSPS) is 15.1. The fraction of sp³-hybridized carbons (Fsp3) is 0.333. The SMILES string of the molecule is O=c1cc(O)n(-c2cc(N3CCCC3)n3ncnc3n2)[nH]1. The molecular weight excluding hydrogens is 274 g/mol. The van der Waals surface area contributed by atoms with Crippen molar-refractivity contribution in [1.29, 1.82) is 0 Å². The highest BCUT2D eigenvalue weighted by molar-refractivity contribution is 5.52. The van der Waals surface area contributed by atoms with Crippen molar-refractivity contribution in [3.63, 3.8) is 0 Å². The Bertz CT molecular complexity index is 856. The molecule has 1 aliphatic rings. The van der Waals surface area contributed by atoms with Gasteiger partial charge in [0.05, 0.1) is 6.07 Å². The molecular formula is C12H13N7O2. The van der Waals surface area contributed by atoms with Crippen LogP contribution in [0, 0.1) is 0 Å². The molecule has 108 valence electrons. The molecule has 3 aromatic rings. The van der Waals surface area contributed by atoms with E-state index in [1.54, 1.807) is 10.6 Å².